The van der Waals surface area contributed by atoms with E-state index in [1.54, 1.807) is 0 Å². The predicted molar refractivity (Wildman–Crippen MR) is 71.4 cm³/mol. The highest BCUT2D eigenvalue weighted by atomic mass is 16.6. The molecule has 0 aliphatic carbocycles. The second kappa shape index (κ2) is 5.17. The van der Waals surface area contributed by atoms with Gasteiger partial charge in [0.15, 0.2) is 0 Å². The molecule has 2 heterocycles. The summed E-state index contributed by atoms with van der Waals surface area (Å²) in [6.45, 7) is 8.73. The highest BCUT2D eigenvalue weighted by Crippen LogP contribution is 2.31. The molecule has 4 nitrogen and oxygen atoms in total. The summed E-state index contributed by atoms with van der Waals surface area (Å²) in [5, 5.41) is 7.00. The summed E-state index contributed by atoms with van der Waals surface area (Å²) in [4.78, 5) is 12.0. The topological polar surface area (TPSA) is 50.4 Å². The summed E-state index contributed by atoms with van der Waals surface area (Å²) in [5.74, 6) is -0.0106. The van der Waals surface area contributed by atoms with E-state index in [-0.39, 0.29) is 23.0 Å². The summed E-state index contributed by atoms with van der Waals surface area (Å²) < 4.78 is 5.46. The Hall–Kier alpha value is -0.610. The summed E-state index contributed by atoms with van der Waals surface area (Å²) in [6.07, 6.45) is 4.41. The summed E-state index contributed by atoms with van der Waals surface area (Å²) in [6, 6.07) is 0. The molecule has 4 heteroatoms. The molecule has 1 spiro atoms. The van der Waals surface area contributed by atoms with Crippen LogP contribution in [0.15, 0.2) is 0 Å². The molecule has 0 aromatic rings. The van der Waals surface area contributed by atoms with Crippen LogP contribution in [0, 0.1) is 5.92 Å². The SMILES string of the molecule is CC(C)(C)OC(=O)C1CCC2(CCNCC2)NC1. The number of hydrogen-bond acceptors (Lipinski definition) is 4. The maximum atomic E-state index is 12.0. The Balaban J connectivity index is 1.84. The molecule has 0 radical (unpaired) electrons. The summed E-state index contributed by atoms with van der Waals surface area (Å²) >= 11 is 0. The lowest BCUT2D eigenvalue weighted by Crippen LogP contribution is -2.57. The van der Waals surface area contributed by atoms with E-state index in [1.807, 2.05) is 20.8 Å². The van der Waals surface area contributed by atoms with E-state index in [0.717, 1.165) is 32.5 Å². The van der Waals surface area contributed by atoms with Gasteiger partial charge >= 0.3 is 5.97 Å². The lowest BCUT2D eigenvalue weighted by Gasteiger charge is -2.43. The van der Waals surface area contributed by atoms with Crippen LogP contribution in [-0.2, 0) is 9.53 Å². The van der Waals surface area contributed by atoms with Gasteiger partial charge in [0, 0.05) is 12.1 Å². The number of carbonyl (C=O) groups is 1. The van der Waals surface area contributed by atoms with Crippen LogP contribution in [0.4, 0.5) is 0 Å². The fraction of sp³-hybridized carbons (Fsp3) is 0.929. The molecule has 2 rings (SSSR count). The molecule has 1 unspecified atom stereocenters. The Morgan fingerprint density at radius 3 is 2.39 bits per heavy atom. The largest absolute Gasteiger partial charge is 0.460 e. The lowest BCUT2D eigenvalue weighted by molar-refractivity contribution is -0.161. The first-order valence-electron chi connectivity index (χ1n) is 7.09. The molecule has 104 valence electrons. The monoisotopic (exact) mass is 254 g/mol. The van der Waals surface area contributed by atoms with Gasteiger partial charge in [-0.15, -0.1) is 0 Å². The first kappa shape index (κ1) is 13.8. The van der Waals surface area contributed by atoms with Gasteiger partial charge in [0.05, 0.1) is 5.92 Å². The number of carbonyl (C=O) groups excluding carboxylic acids is 1. The Morgan fingerprint density at radius 2 is 1.89 bits per heavy atom. The molecule has 0 amide bonds. The second-order valence-corrected chi connectivity index (χ2v) is 6.68. The van der Waals surface area contributed by atoms with Gasteiger partial charge in [0.2, 0.25) is 0 Å². The van der Waals surface area contributed by atoms with Gasteiger partial charge in [-0.2, -0.15) is 0 Å². The van der Waals surface area contributed by atoms with Gasteiger partial charge in [-0.05, 0) is 59.5 Å². The third-order valence-corrected chi connectivity index (χ3v) is 4.00. The Morgan fingerprint density at radius 1 is 1.22 bits per heavy atom. The zero-order valence-electron chi connectivity index (χ0n) is 11.8. The van der Waals surface area contributed by atoms with Gasteiger partial charge in [-0.25, -0.2) is 0 Å². The van der Waals surface area contributed by atoms with Crippen molar-refractivity contribution in [1.29, 1.82) is 0 Å². The van der Waals surface area contributed by atoms with Crippen molar-refractivity contribution in [3.05, 3.63) is 0 Å². The molecule has 2 aliphatic heterocycles. The van der Waals surface area contributed by atoms with Crippen molar-refractivity contribution in [2.24, 2.45) is 5.92 Å². The maximum Gasteiger partial charge on any atom is 0.310 e. The minimum Gasteiger partial charge on any atom is -0.460 e. The van der Waals surface area contributed by atoms with Crippen LogP contribution in [0.2, 0.25) is 0 Å². The predicted octanol–water partition coefficient (Wildman–Crippen LogP) is 1.45. The number of nitrogens with one attached hydrogen (secondary N) is 2. The molecule has 2 saturated heterocycles. The first-order chi connectivity index (χ1) is 8.40. The molecule has 2 fully saturated rings. The molecule has 0 aromatic heterocycles. The van der Waals surface area contributed by atoms with Crippen LogP contribution in [0.5, 0.6) is 0 Å². The fourth-order valence-electron chi connectivity index (χ4n) is 2.90. The maximum absolute atomic E-state index is 12.0. The zero-order valence-corrected chi connectivity index (χ0v) is 11.8. The fourth-order valence-corrected chi connectivity index (χ4v) is 2.90. The van der Waals surface area contributed by atoms with Crippen LogP contribution < -0.4 is 10.6 Å². The second-order valence-electron chi connectivity index (χ2n) is 6.68. The number of rotatable bonds is 1. The third kappa shape index (κ3) is 3.45. The minimum absolute atomic E-state index is 0.0322. The molecule has 0 saturated carbocycles. The van der Waals surface area contributed by atoms with Crippen LogP contribution in [-0.4, -0.2) is 36.7 Å². The van der Waals surface area contributed by atoms with Crippen molar-refractivity contribution in [3.63, 3.8) is 0 Å². The van der Waals surface area contributed by atoms with E-state index in [9.17, 15) is 4.79 Å². The smallest absolute Gasteiger partial charge is 0.310 e. The van der Waals surface area contributed by atoms with Crippen LogP contribution >= 0.6 is 0 Å². The molecule has 18 heavy (non-hydrogen) atoms. The Bertz CT molecular complexity index is 293. The first-order valence-corrected chi connectivity index (χ1v) is 7.09. The van der Waals surface area contributed by atoms with E-state index < -0.39 is 0 Å². The van der Waals surface area contributed by atoms with Crippen molar-refractivity contribution in [2.45, 2.75) is 57.6 Å². The lowest BCUT2D eigenvalue weighted by atomic mass is 9.78. The zero-order chi connectivity index (χ0) is 13.2. The number of esters is 1. The molecular formula is C14H26N2O2. The van der Waals surface area contributed by atoms with E-state index in [4.69, 9.17) is 4.74 Å². The molecule has 0 aromatic carbocycles. The summed E-state index contributed by atoms with van der Waals surface area (Å²) in [5.41, 5.74) is -0.0925. The standard InChI is InChI=1S/C14H26N2O2/c1-13(2,3)18-12(17)11-4-5-14(16-10-11)6-8-15-9-7-14/h11,15-16H,4-10H2,1-3H3. The van der Waals surface area contributed by atoms with E-state index in [0.29, 0.717) is 0 Å². The average Bonchev–Trinajstić information content (AvgIpc) is 2.28. The van der Waals surface area contributed by atoms with Crippen molar-refractivity contribution in [2.75, 3.05) is 19.6 Å². The molecule has 0 bridgehead atoms. The number of hydrogen-bond donors (Lipinski definition) is 2. The highest BCUT2D eigenvalue weighted by Gasteiger charge is 2.38. The van der Waals surface area contributed by atoms with Crippen molar-refractivity contribution in [3.8, 4) is 0 Å². The molecule has 2 N–H and O–H groups in total. The number of ether oxygens (including phenoxy) is 1. The number of piperidine rings is 2. The normalized spacial score (nSPS) is 28.1. The molecular weight excluding hydrogens is 228 g/mol. The van der Waals surface area contributed by atoms with E-state index >= 15 is 0 Å². The van der Waals surface area contributed by atoms with Gasteiger partial charge in [-0.1, -0.05) is 0 Å². The van der Waals surface area contributed by atoms with E-state index in [1.165, 1.54) is 12.8 Å². The van der Waals surface area contributed by atoms with Crippen molar-refractivity contribution in [1.82, 2.24) is 10.6 Å². The van der Waals surface area contributed by atoms with Crippen LogP contribution in [0.1, 0.15) is 46.5 Å². The Labute approximate surface area is 110 Å². The van der Waals surface area contributed by atoms with Crippen molar-refractivity contribution >= 4 is 5.97 Å². The van der Waals surface area contributed by atoms with Crippen molar-refractivity contribution < 1.29 is 9.53 Å². The quantitative estimate of drug-likeness (QED) is 0.695. The van der Waals surface area contributed by atoms with Crippen LogP contribution in [0.3, 0.4) is 0 Å². The highest BCUT2D eigenvalue weighted by molar-refractivity contribution is 5.73. The van der Waals surface area contributed by atoms with Crippen LogP contribution in [0.25, 0.3) is 0 Å². The summed E-state index contributed by atoms with van der Waals surface area (Å²) in [7, 11) is 0. The van der Waals surface area contributed by atoms with E-state index in [2.05, 4.69) is 10.6 Å². The minimum atomic E-state index is -0.374. The Kier molecular flexibility index (Phi) is 3.97. The van der Waals surface area contributed by atoms with Gasteiger partial charge in [0.25, 0.3) is 0 Å². The van der Waals surface area contributed by atoms with Gasteiger partial charge < -0.3 is 15.4 Å². The van der Waals surface area contributed by atoms with Gasteiger partial charge in [0.1, 0.15) is 5.60 Å². The molecule has 1 atom stereocenters. The van der Waals surface area contributed by atoms with Gasteiger partial charge in [-0.3, -0.25) is 4.79 Å². The third-order valence-electron chi connectivity index (χ3n) is 4.00. The molecule has 2 aliphatic rings. The average molecular weight is 254 g/mol.